The Kier molecular flexibility index (Phi) is 5.31. The molecule has 2 amide bonds. The van der Waals surface area contributed by atoms with Crippen molar-refractivity contribution < 1.29 is 14.0 Å². The zero-order valence-corrected chi connectivity index (χ0v) is 11.9. The van der Waals surface area contributed by atoms with Crippen LogP contribution in [0.25, 0.3) is 6.08 Å². The third-order valence-electron chi connectivity index (χ3n) is 2.78. The van der Waals surface area contributed by atoms with E-state index in [0.29, 0.717) is 23.6 Å². The fourth-order valence-corrected chi connectivity index (χ4v) is 1.77. The molecule has 5 heteroatoms. The van der Waals surface area contributed by atoms with E-state index in [1.165, 1.54) is 12.3 Å². The maximum Gasteiger partial charge on any atom is 0.253 e. The van der Waals surface area contributed by atoms with Crippen molar-refractivity contribution in [3.8, 4) is 0 Å². The van der Waals surface area contributed by atoms with E-state index >= 15 is 0 Å². The smallest absolute Gasteiger partial charge is 0.253 e. The minimum Gasteiger partial charge on any atom is -0.465 e. The maximum atomic E-state index is 12.0. The van der Waals surface area contributed by atoms with Gasteiger partial charge >= 0.3 is 0 Å². The molecule has 0 bridgehead atoms. The first-order valence-electron chi connectivity index (χ1n) is 6.71. The molecule has 5 nitrogen and oxygen atoms in total. The number of hydrogen-bond donors (Lipinski definition) is 2. The van der Waals surface area contributed by atoms with Crippen LogP contribution in [0, 0.1) is 0 Å². The van der Waals surface area contributed by atoms with Gasteiger partial charge in [0.1, 0.15) is 5.76 Å². The second-order valence-corrected chi connectivity index (χ2v) is 4.38. The van der Waals surface area contributed by atoms with Crippen LogP contribution in [0.1, 0.15) is 16.1 Å². The first-order valence-corrected chi connectivity index (χ1v) is 6.71. The molecule has 0 fully saturated rings. The number of benzene rings is 1. The molecule has 2 N–H and O–H groups in total. The van der Waals surface area contributed by atoms with Gasteiger partial charge in [0, 0.05) is 12.6 Å². The number of carbonyl (C=O) groups excluding carboxylic acids is 2. The summed E-state index contributed by atoms with van der Waals surface area (Å²) in [7, 11) is 0. The lowest BCUT2D eigenvalue weighted by molar-refractivity contribution is -0.111. The van der Waals surface area contributed by atoms with Crippen LogP contribution in [0.15, 0.2) is 65.8 Å². The zero-order valence-electron chi connectivity index (χ0n) is 11.9. The molecule has 0 unspecified atom stereocenters. The van der Waals surface area contributed by atoms with Gasteiger partial charge in [-0.2, -0.15) is 0 Å². The Morgan fingerprint density at radius 2 is 2.00 bits per heavy atom. The van der Waals surface area contributed by atoms with Crippen molar-refractivity contribution >= 4 is 23.6 Å². The monoisotopic (exact) mass is 296 g/mol. The van der Waals surface area contributed by atoms with Gasteiger partial charge in [0.25, 0.3) is 5.91 Å². The summed E-state index contributed by atoms with van der Waals surface area (Å²) < 4.78 is 5.10. The predicted octanol–water partition coefficient (Wildman–Crippen LogP) is 2.85. The summed E-state index contributed by atoms with van der Waals surface area (Å²) in [5.74, 6) is -0.0432. The Morgan fingerprint density at radius 3 is 2.73 bits per heavy atom. The lowest BCUT2D eigenvalue weighted by Gasteiger charge is -2.09. The molecule has 0 atom stereocenters. The Morgan fingerprint density at radius 1 is 1.18 bits per heavy atom. The Hall–Kier alpha value is -3.08. The fraction of sp³-hybridized carbons (Fsp3) is 0.0588. The lowest BCUT2D eigenvalue weighted by atomic mass is 10.1. The van der Waals surface area contributed by atoms with Crippen LogP contribution >= 0.6 is 0 Å². The lowest BCUT2D eigenvalue weighted by Crippen LogP contribution is -2.24. The van der Waals surface area contributed by atoms with Gasteiger partial charge in [0.2, 0.25) is 5.91 Å². The van der Waals surface area contributed by atoms with Crippen molar-refractivity contribution in [2.75, 3.05) is 11.9 Å². The molecule has 1 heterocycles. The van der Waals surface area contributed by atoms with Crippen LogP contribution in [0.4, 0.5) is 5.69 Å². The zero-order chi connectivity index (χ0) is 15.8. The van der Waals surface area contributed by atoms with Crippen LogP contribution in [0.3, 0.4) is 0 Å². The minimum atomic E-state index is -0.347. The van der Waals surface area contributed by atoms with Gasteiger partial charge < -0.3 is 15.1 Å². The van der Waals surface area contributed by atoms with Crippen molar-refractivity contribution in [2.24, 2.45) is 0 Å². The molecule has 2 aromatic rings. The molecule has 1 aromatic heterocycles. The summed E-state index contributed by atoms with van der Waals surface area (Å²) in [5.41, 5.74) is 0.835. The molecule has 1 aromatic carbocycles. The van der Waals surface area contributed by atoms with Crippen LogP contribution in [-0.2, 0) is 4.79 Å². The Labute approximate surface area is 128 Å². The molecule has 0 saturated heterocycles. The van der Waals surface area contributed by atoms with E-state index in [4.69, 9.17) is 4.42 Å². The average Bonchev–Trinajstić information content (AvgIpc) is 3.04. The number of amides is 2. The summed E-state index contributed by atoms with van der Waals surface area (Å²) in [6.45, 7) is 3.90. The molecule has 0 aliphatic heterocycles. The standard InChI is InChI=1S/C17H16N2O3/c1-2-11-18-17(21)14-7-3-4-8-15(14)19-16(20)10-9-13-6-5-12-22-13/h2-10,12H,1,11H2,(H,18,21)(H,19,20)/b10-9+. The Bertz CT molecular complexity index is 688. The van der Waals surface area contributed by atoms with E-state index < -0.39 is 0 Å². The van der Waals surface area contributed by atoms with Gasteiger partial charge in [0.15, 0.2) is 0 Å². The van der Waals surface area contributed by atoms with Gasteiger partial charge in [0.05, 0.1) is 17.5 Å². The van der Waals surface area contributed by atoms with E-state index in [0.717, 1.165) is 0 Å². The van der Waals surface area contributed by atoms with Crippen molar-refractivity contribution in [3.63, 3.8) is 0 Å². The highest BCUT2D eigenvalue weighted by molar-refractivity contribution is 6.07. The molecule has 112 valence electrons. The summed E-state index contributed by atoms with van der Waals surface area (Å²) >= 11 is 0. The normalized spacial score (nSPS) is 10.4. The molecule has 0 radical (unpaired) electrons. The highest BCUT2D eigenvalue weighted by Gasteiger charge is 2.11. The first-order chi connectivity index (χ1) is 10.7. The van der Waals surface area contributed by atoms with Gasteiger partial charge in [-0.15, -0.1) is 6.58 Å². The predicted molar refractivity (Wildman–Crippen MR) is 85.3 cm³/mol. The van der Waals surface area contributed by atoms with Gasteiger partial charge in [-0.1, -0.05) is 18.2 Å². The van der Waals surface area contributed by atoms with E-state index in [9.17, 15) is 9.59 Å². The van der Waals surface area contributed by atoms with Crippen molar-refractivity contribution in [1.29, 1.82) is 0 Å². The number of para-hydroxylation sites is 1. The third kappa shape index (κ3) is 4.21. The number of carbonyl (C=O) groups is 2. The van der Waals surface area contributed by atoms with E-state index in [1.807, 2.05) is 0 Å². The average molecular weight is 296 g/mol. The summed E-state index contributed by atoms with van der Waals surface area (Å²) in [5, 5.41) is 5.35. The van der Waals surface area contributed by atoms with Crippen LogP contribution < -0.4 is 10.6 Å². The van der Waals surface area contributed by atoms with Crippen molar-refractivity contribution in [3.05, 3.63) is 72.7 Å². The van der Waals surface area contributed by atoms with Crippen LogP contribution in [-0.4, -0.2) is 18.4 Å². The van der Waals surface area contributed by atoms with Crippen LogP contribution in [0.5, 0.6) is 0 Å². The Balaban J connectivity index is 2.07. The van der Waals surface area contributed by atoms with E-state index in [-0.39, 0.29) is 11.8 Å². The van der Waals surface area contributed by atoms with Gasteiger partial charge in [-0.3, -0.25) is 9.59 Å². The minimum absolute atomic E-state index is 0.272. The first kappa shape index (κ1) is 15.3. The number of hydrogen-bond acceptors (Lipinski definition) is 3. The quantitative estimate of drug-likeness (QED) is 0.636. The molecular weight excluding hydrogens is 280 g/mol. The molecule has 0 aliphatic carbocycles. The van der Waals surface area contributed by atoms with E-state index in [1.54, 1.807) is 48.6 Å². The van der Waals surface area contributed by atoms with E-state index in [2.05, 4.69) is 17.2 Å². The van der Waals surface area contributed by atoms with Gasteiger partial charge in [-0.25, -0.2) is 0 Å². The highest BCUT2D eigenvalue weighted by Crippen LogP contribution is 2.15. The SMILES string of the molecule is C=CCNC(=O)c1ccccc1NC(=O)/C=C/c1ccco1. The van der Waals surface area contributed by atoms with Crippen molar-refractivity contribution in [2.45, 2.75) is 0 Å². The third-order valence-corrected chi connectivity index (χ3v) is 2.78. The summed E-state index contributed by atoms with van der Waals surface area (Å²) in [4.78, 5) is 23.9. The number of nitrogens with one attached hydrogen (secondary N) is 2. The summed E-state index contributed by atoms with van der Waals surface area (Å²) in [6.07, 6.45) is 6.01. The topological polar surface area (TPSA) is 71.3 Å². The summed E-state index contributed by atoms with van der Waals surface area (Å²) in [6, 6.07) is 10.3. The maximum absolute atomic E-state index is 12.0. The highest BCUT2D eigenvalue weighted by atomic mass is 16.3. The largest absolute Gasteiger partial charge is 0.465 e. The molecular formula is C17H16N2O3. The number of anilines is 1. The number of furan rings is 1. The molecule has 0 aliphatic rings. The van der Waals surface area contributed by atoms with Gasteiger partial charge in [-0.05, 0) is 30.3 Å². The van der Waals surface area contributed by atoms with Crippen molar-refractivity contribution in [1.82, 2.24) is 5.32 Å². The second-order valence-electron chi connectivity index (χ2n) is 4.38. The molecule has 2 rings (SSSR count). The molecule has 22 heavy (non-hydrogen) atoms. The fourth-order valence-electron chi connectivity index (χ4n) is 1.77. The van der Waals surface area contributed by atoms with Crippen LogP contribution in [0.2, 0.25) is 0 Å². The number of rotatable bonds is 6. The second kappa shape index (κ2) is 7.64. The molecule has 0 saturated carbocycles. The molecule has 0 spiro atoms.